The molecule has 0 saturated carbocycles. The third-order valence-corrected chi connectivity index (χ3v) is 2.87. The van der Waals surface area contributed by atoms with Crippen molar-refractivity contribution >= 4 is 35.6 Å². The first kappa shape index (κ1) is 15.5. The molecule has 1 fully saturated rings. The lowest BCUT2D eigenvalue weighted by molar-refractivity contribution is -0.117. The number of hydrogen-bond donors (Lipinski definition) is 2. The summed E-state index contributed by atoms with van der Waals surface area (Å²) in [6.07, 6.45) is 1.54. The van der Waals surface area contributed by atoms with Gasteiger partial charge in [-0.3, -0.25) is 9.59 Å². The van der Waals surface area contributed by atoms with E-state index in [0.717, 1.165) is 24.3 Å². The van der Waals surface area contributed by atoms with E-state index in [1.165, 1.54) is 0 Å². The van der Waals surface area contributed by atoms with Gasteiger partial charge >= 0.3 is 0 Å². The van der Waals surface area contributed by atoms with E-state index in [2.05, 4.69) is 10.6 Å². The SMILES string of the molecule is CNCC(=O)Nc1ccc(N2CCCC2=O)cc1.Cl. The van der Waals surface area contributed by atoms with Gasteiger partial charge in [-0.2, -0.15) is 0 Å². The Balaban J connectivity index is 0.00000180. The molecule has 0 atom stereocenters. The Bertz CT molecular complexity index is 448. The molecule has 6 heteroatoms. The molecule has 0 aromatic heterocycles. The minimum Gasteiger partial charge on any atom is -0.325 e. The maximum atomic E-state index is 11.6. The fraction of sp³-hybridized carbons (Fsp3) is 0.385. The first-order valence-electron chi connectivity index (χ1n) is 6.05. The molecule has 1 heterocycles. The van der Waals surface area contributed by atoms with Crippen LogP contribution in [0.3, 0.4) is 0 Å². The predicted octanol–water partition coefficient (Wildman–Crippen LogP) is 1.39. The van der Waals surface area contributed by atoms with Gasteiger partial charge in [-0.15, -0.1) is 12.4 Å². The van der Waals surface area contributed by atoms with E-state index in [1.54, 1.807) is 11.9 Å². The number of amides is 2. The molecule has 2 N–H and O–H groups in total. The Kier molecular flexibility index (Phi) is 5.79. The van der Waals surface area contributed by atoms with Gasteiger partial charge in [0, 0.05) is 24.3 Å². The van der Waals surface area contributed by atoms with Crippen molar-refractivity contribution in [1.29, 1.82) is 0 Å². The van der Waals surface area contributed by atoms with Crippen LogP contribution in [0, 0.1) is 0 Å². The van der Waals surface area contributed by atoms with Gasteiger partial charge in [0.25, 0.3) is 0 Å². The summed E-state index contributed by atoms with van der Waals surface area (Å²) in [6.45, 7) is 1.07. The number of likely N-dealkylation sites (N-methyl/N-ethyl adjacent to an activating group) is 1. The Morgan fingerprint density at radius 2 is 2.00 bits per heavy atom. The largest absolute Gasteiger partial charge is 0.325 e. The maximum absolute atomic E-state index is 11.6. The molecule has 0 bridgehead atoms. The van der Waals surface area contributed by atoms with Crippen molar-refractivity contribution in [3.8, 4) is 0 Å². The number of nitrogens with zero attached hydrogens (tertiary/aromatic N) is 1. The second kappa shape index (κ2) is 7.11. The first-order chi connectivity index (χ1) is 8.70. The zero-order valence-corrected chi connectivity index (χ0v) is 11.6. The number of carbonyl (C=O) groups is 2. The van der Waals surface area contributed by atoms with E-state index in [-0.39, 0.29) is 30.8 Å². The Labute approximate surface area is 118 Å². The molecule has 2 amide bonds. The van der Waals surface area contributed by atoms with E-state index in [9.17, 15) is 9.59 Å². The van der Waals surface area contributed by atoms with Crippen LogP contribution in [0.15, 0.2) is 24.3 Å². The zero-order chi connectivity index (χ0) is 13.0. The van der Waals surface area contributed by atoms with Crippen LogP contribution in [0.4, 0.5) is 11.4 Å². The molecule has 1 aromatic carbocycles. The highest BCUT2D eigenvalue weighted by Crippen LogP contribution is 2.22. The van der Waals surface area contributed by atoms with Gasteiger partial charge < -0.3 is 15.5 Å². The first-order valence-corrected chi connectivity index (χ1v) is 6.05. The molecule has 0 aliphatic carbocycles. The van der Waals surface area contributed by atoms with Crippen LogP contribution in [0.1, 0.15) is 12.8 Å². The number of nitrogens with one attached hydrogen (secondary N) is 2. The molecule has 104 valence electrons. The summed E-state index contributed by atoms with van der Waals surface area (Å²) >= 11 is 0. The highest BCUT2D eigenvalue weighted by Gasteiger charge is 2.21. The number of rotatable bonds is 4. The molecule has 5 nitrogen and oxygen atoms in total. The fourth-order valence-corrected chi connectivity index (χ4v) is 2.01. The van der Waals surface area contributed by atoms with E-state index in [1.807, 2.05) is 24.3 Å². The van der Waals surface area contributed by atoms with Gasteiger partial charge in [0.15, 0.2) is 0 Å². The molecule has 1 aliphatic heterocycles. The Morgan fingerprint density at radius 1 is 1.32 bits per heavy atom. The molecule has 0 radical (unpaired) electrons. The standard InChI is InChI=1S/C13H17N3O2.ClH/c1-14-9-12(17)15-10-4-6-11(7-5-10)16-8-2-3-13(16)18;/h4-7,14H,2-3,8-9H2,1H3,(H,15,17);1H. The van der Waals surface area contributed by atoms with E-state index < -0.39 is 0 Å². The molecule has 2 rings (SSSR count). The third-order valence-electron chi connectivity index (χ3n) is 2.87. The highest BCUT2D eigenvalue weighted by molar-refractivity contribution is 5.96. The molecule has 1 saturated heterocycles. The highest BCUT2D eigenvalue weighted by atomic mass is 35.5. The van der Waals surface area contributed by atoms with Gasteiger partial charge in [0.2, 0.25) is 11.8 Å². The van der Waals surface area contributed by atoms with Crippen LogP contribution in [-0.4, -0.2) is 32.0 Å². The van der Waals surface area contributed by atoms with E-state index in [0.29, 0.717) is 6.42 Å². The summed E-state index contributed by atoms with van der Waals surface area (Å²) in [5.41, 5.74) is 1.63. The van der Waals surface area contributed by atoms with Crippen LogP contribution < -0.4 is 15.5 Å². The van der Waals surface area contributed by atoms with Crippen molar-refractivity contribution in [1.82, 2.24) is 5.32 Å². The second-order valence-corrected chi connectivity index (χ2v) is 4.27. The van der Waals surface area contributed by atoms with Crippen molar-refractivity contribution in [2.75, 3.05) is 30.4 Å². The van der Waals surface area contributed by atoms with Crippen molar-refractivity contribution in [2.24, 2.45) is 0 Å². The summed E-state index contributed by atoms with van der Waals surface area (Å²) in [4.78, 5) is 24.7. The lowest BCUT2D eigenvalue weighted by atomic mass is 10.2. The van der Waals surface area contributed by atoms with Crippen LogP contribution in [0.2, 0.25) is 0 Å². The summed E-state index contributed by atoms with van der Waals surface area (Å²) in [6, 6.07) is 7.35. The third kappa shape index (κ3) is 3.94. The molecule has 0 spiro atoms. The normalized spacial score (nSPS) is 14.2. The molecule has 0 unspecified atom stereocenters. The van der Waals surface area contributed by atoms with E-state index >= 15 is 0 Å². The van der Waals surface area contributed by atoms with Gasteiger partial charge in [-0.25, -0.2) is 0 Å². The summed E-state index contributed by atoms with van der Waals surface area (Å²) < 4.78 is 0. The number of anilines is 2. The zero-order valence-electron chi connectivity index (χ0n) is 10.8. The average Bonchev–Trinajstić information content (AvgIpc) is 2.77. The summed E-state index contributed by atoms with van der Waals surface area (Å²) in [5.74, 6) is 0.0875. The quantitative estimate of drug-likeness (QED) is 0.878. The molecule has 1 aromatic rings. The van der Waals surface area contributed by atoms with Gasteiger partial charge in [0.1, 0.15) is 0 Å². The molecular weight excluding hydrogens is 266 g/mol. The molecule has 1 aliphatic rings. The van der Waals surface area contributed by atoms with Crippen molar-refractivity contribution in [3.63, 3.8) is 0 Å². The monoisotopic (exact) mass is 283 g/mol. The maximum Gasteiger partial charge on any atom is 0.238 e. The van der Waals surface area contributed by atoms with E-state index in [4.69, 9.17) is 0 Å². The number of hydrogen-bond acceptors (Lipinski definition) is 3. The molecule has 19 heavy (non-hydrogen) atoms. The predicted molar refractivity (Wildman–Crippen MR) is 77.8 cm³/mol. The minimum atomic E-state index is -0.0810. The summed E-state index contributed by atoms with van der Waals surface area (Å²) in [7, 11) is 1.72. The number of halogens is 1. The van der Waals surface area contributed by atoms with Crippen molar-refractivity contribution in [3.05, 3.63) is 24.3 Å². The fourth-order valence-electron chi connectivity index (χ4n) is 2.01. The lowest BCUT2D eigenvalue weighted by Gasteiger charge is -2.16. The van der Waals surface area contributed by atoms with Crippen LogP contribution in [-0.2, 0) is 9.59 Å². The van der Waals surface area contributed by atoms with Crippen molar-refractivity contribution < 1.29 is 9.59 Å². The minimum absolute atomic E-state index is 0. The summed E-state index contributed by atoms with van der Waals surface area (Å²) in [5, 5.41) is 5.55. The average molecular weight is 284 g/mol. The number of carbonyl (C=O) groups excluding carboxylic acids is 2. The Hall–Kier alpha value is -1.59. The van der Waals surface area contributed by atoms with Gasteiger partial charge in [-0.05, 0) is 37.7 Å². The number of benzene rings is 1. The van der Waals surface area contributed by atoms with Crippen LogP contribution >= 0.6 is 12.4 Å². The van der Waals surface area contributed by atoms with Gasteiger partial charge in [-0.1, -0.05) is 0 Å². The second-order valence-electron chi connectivity index (χ2n) is 4.27. The van der Waals surface area contributed by atoms with Crippen LogP contribution in [0.5, 0.6) is 0 Å². The molecular formula is C13H18ClN3O2. The lowest BCUT2D eigenvalue weighted by Crippen LogP contribution is -2.25. The van der Waals surface area contributed by atoms with Crippen LogP contribution in [0.25, 0.3) is 0 Å². The van der Waals surface area contributed by atoms with Crippen molar-refractivity contribution in [2.45, 2.75) is 12.8 Å². The van der Waals surface area contributed by atoms with Gasteiger partial charge in [0.05, 0.1) is 6.54 Å². The topological polar surface area (TPSA) is 61.4 Å². The smallest absolute Gasteiger partial charge is 0.238 e. The Morgan fingerprint density at radius 3 is 2.53 bits per heavy atom.